The van der Waals surface area contributed by atoms with Crippen molar-refractivity contribution < 1.29 is 9.53 Å². The van der Waals surface area contributed by atoms with Crippen LogP contribution >= 0.6 is 11.6 Å². The van der Waals surface area contributed by atoms with Gasteiger partial charge in [-0.15, -0.1) is 11.6 Å². The zero-order valence-electron chi connectivity index (χ0n) is 6.39. The summed E-state index contributed by atoms with van der Waals surface area (Å²) in [4.78, 5) is 10.3. The van der Waals surface area contributed by atoms with Gasteiger partial charge in [0.15, 0.2) is 0 Å². The minimum atomic E-state index is -0.176. The molecule has 0 aliphatic heterocycles. The summed E-state index contributed by atoms with van der Waals surface area (Å²) in [6.07, 6.45) is 3.46. The van der Waals surface area contributed by atoms with E-state index in [1.165, 1.54) is 6.38 Å². The van der Waals surface area contributed by atoms with Crippen molar-refractivity contribution in [3.63, 3.8) is 0 Å². The molecule has 0 atom stereocenters. The molecule has 60 valence electrons. The summed E-state index contributed by atoms with van der Waals surface area (Å²) in [5.74, 6) is -0.176. The third-order valence-electron chi connectivity index (χ3n) is 0.651. The average molecular weight is 165 g/mol. The highest BCUT2D eigenvalue weighted by Crippen LogP contribution is 1.82. The lowest BCUT2D eigenvalue weighted by Gasteiger charge is -1.94. The van der Waals surface area contributed by atoms with Crippen LogP contribution in [0, 0.1) is 0 Å². The molecule has 0 rings (SSSR count). The zero-order chi connectivity index (χ0) is 8.41. The topological polar surface area (TPSA) is 26.3 Å². The zero-order valence-corrected chi connectivity index (χ0v) is 7.15. The van der Waals surface area contributed by atoms with Crippen molar-refractivity contribution in [3.05, 3.63) is 12.7 Å². The summed E-state index contributed by atoms with van der Waals surface area (Å²) in [5, 5.41) is 0. The monoisotopic (exact) mass is 164 g/mol. The number of esters is 1. The molecule has 3 heteroatoms. The van der Waals surface area contributed by atoms with Crippen LogP contribution in [-0.4, -0.2) is 19.0 Å². The van der Waals surface area contributed by atoms with Crippen LogP contribution in [0.15, 0.2) is 12.7 Å². The number of carbonyl (C=O) groups is 1. The molecule has 0 fully saturated rings. The van der Waals surface area contributed by atoms with E-state index in [4.69, 9.17) is 0 Å². The highest BCUT2D eigenvalue weighted by molar-refractivity contribution is 6.15. The normalized spacial score (nSPS) is 7.10. The van der Waals surface area contributed by atoms with Crippen molar-refractivity contribution in [2.75, 3.05) is 13.0 Å². The Morgan fingerprint density at radius 3 is 2.50 bits per heavy atom. The van der Waals surface area contributed by atoms with Crippen molar-refractivity contribution in [3.8, 4) is 0 Å². The molecular formula is C7H13ClO2. The van der Waals surface area contributed by atoms with Gasteiger partial charge in [0, 0.05) is 12.8 Å². The van der Waals surface area contributed by atoms with Gasteiger partial charge in [-0.05, 0) is 0 Å². The maximum atomic E-state index is 10.3. The Hall–Kier alpha value is -0.500. The SMILES string of the molecule is C=CCOC(=O)CC.CCl. The van der Waals surface area contributed by atoms with Crippen molar-refractivity contribution in [2.24, 2.45) is 0 Å². The second-order valence-corrected chi connectivity index (χ2v) is 1.33. The van der Waals surface area contributed by atoms with Gasteiger partial charge >= 0.3 is 5.97 Å². The number of ether oxygens (including phenoxy) is 1. The Balaban J connectivity index is 0. The van der Waals surface area contributed by atoms with Crippen LogP contribution in [0.3, 0.4) is 0 Å². The van der Waals surface area contributed by atoms with E-state index in [0.717, 1.165) is 0 Å². The minimum Gasteiger partial charge on any atom is -0.461 e. The average Bonchev–Trinajstić information content (AvgIpc) is 2.04. The highest BCUT2D eigenvalue weighted by atomic mass is 35.5. The van der Waals surface area contributed by atoms with E-state index in [-0.39, 0.29) is 5.97 Å². The molecule has 0 unspecified atom stereocenters. The molecule has 0 bridgehead atoms. The minimum absolute atomic E-state index is 0.176. The first-order valence-electron chi connectivity index (χ1n) is 2.95. The van der Waals surface area contributed by atoms with Crippen LogP contribution in [0.1, 0.15) is 13.3 Å². The van der Waals surface area contributed by atoms with Gasteiger partial charge in [-0.25, -0.2) is 0 Å². The van der Waals surface area contributed by atoms with Crippen LogP contribution in [-0.2, 0) is 9.53 Å². The third-order valence-corrected chi connectivity index (χ3v) is 0.651. The smallest absolute Gasteiger partial charge is 0.305 e. The van der Waals surface area contributed by atoms with Crippen molar-refractivity contribution in [1.29, 1.82) is 0 Å². The first-order valence-corrected chi connectivity index (χ1v) is 3.71. The van der Waals surface area contributed by atoms with Crippen LogP contribution in [0.25, 0.3) is 0 Å². The molecule has 0 N–H and O–H groups in total. The summed E-state index contributed by atoms with van der Waals surface area (Å²) in [7, 11) is 0. The maximum absolute atomic E-state index is 10.3. The van der Waals surface area contributed by atoms with Crippen LogP contribution in [0.5, 0.6) is 0 Å². The van der Waals surface area contributed by atoms with E-state index in [1.807, 2.05) is 0 Å². The maximum Gasteiger partial charge on any atom is 0.305 e. The second kappa shape index (κ2) is 11.3. The highest BCUT2D eigenvalue weighted by Gasteiger charge is 1.92. The van der Waals surface area contributed by atoms with Gasteiger partial charge in [-0.2, -0.15) is 0 Å². The van der Waals surface area contributed by atoms with Crippen LogP contribution in [0.2, 0.25) is 0 Å². The summed E-state index contributed by atoms with van der Waals surface area (Å²) < 4.78 is 4.58. The molecule has 0 aromatic rings. The Labute approximate surface area is 66.8 Å². The third kappa shape index (κ3) is 10.5. The van der Waals surface area contributed by atoms with Gasteiger partial charge in [0.2, 0.25) is 0 Å². The van der Waals surface area contributed by atoms with E-state index in [1.54, 1.807) is 13.0 Å². The van der Waals surface area contributed by atoms with Crippen molar-refractivity contribution >= 4 is 17.6 Å². The second-order valence-electron chi connectivity index (χ2n) is 1.33. The van der Waals surface area contributed by atoms with E-state index < -0.39 is 0 Å². The summed E-state index contributed by atoms with van der Waals surface area (Å²) in [6.45, 7) is 5.47. The molecular weight excluding hydrogens is 152 g/mol. The van der Waals surface area contributed by atoms with Gasteiger partial charge in [-0.1, -0.05) is 19.6 Å². The first-order chi connectivity index (χ1) is 4.81. The predicted octanol–water partition coefficient (Wildman–Crippen LogP) is 1.98. The molecule has 0 heterocycles. The van der Waals surface area contributed by atoms with Crippen molar-refractivity contribution in [1.82, 2.24) is 0 Å². The van der Waals surface area contributed by atoms with Gasteiger partial charge in [0.25, 0.3) is 0 Å². The van der Waals surface area contributed by atoms with Crippen LogP contribution < -0.4 is 0 Å². The Bertz CT molecular complexity index is 91.6. The number of hydrogen-bond donors (Lipinski definition) is 0. The molecule has 0 aliphatic carbocycles. The fourth-order valence-corrected chi connectivity index (χ4v) is 0.254. The van der Waals surface area contributed by atoms with Gasteiger partial charge in [-0.3, -0.25) is 4.79 Å². The fraction of sp³-hybridized carbons (Fsp3) is 0.571. The summed E-state index contributed by atoms with van der Waals surface area (Å²) in [6, 6.07) is 0. The van der Waals surface area contributed by atoms with E-state index >= 15 is 0 Å². The molecule has 2 nitrogen and oxygen atoms in total. The Morgan fingerprint density at radius 2 is 2.20 bits per heavy atom. The molecule has 0 amide bonds. The molecule has 0 aromatic carbocycles. The standard InChI is InChI=1S/C6H10O2.CH3Cl/c1-3-5-8-6(7)4-2;1-2/h3H,1,4-5H2,2H3;1H3. The van der Waals surface area contributed by atoms with E-state index in [9.17, 15) is 4.79 Å². The van der Waals surface area contributed by atoms with E-state index in [0.29, 0.717) is 13.0 Å². The largest absolute Gasteiger partial charge is 0.461 e. The lowest BCUT2D eigenvalue weighted by atomic mass is 10.5. The number of hydrogen-bond acceptors (Lipinski definition) is 2. The number of rotatable bonds is 3. The van der Waals surface area contributed by atoms with Gasteiger partial charge in [0.1, 0.15) is 6.61 Å². The Morgan fingerprint density at radius 1 is 1.70 bits per heavy atom. The molecule has 0 saturated heterocycles. The van der Waals surface area contributed by atoms with Gasteiger partial charge < -0.3 is 4.74 Å². The lowest BCUT2D eigenvalue weighted by molar-refractivity contribution is -0.141. The molecule has 0 aliphatic rings. The molecule has 0 radical (unpaired) electrons. The number of halogens is 1. The van der Waals surface area contributed by atoms with E-state index in [2.05, 4.69) is 22.9 Å². The van der Waals surface area contributed by atoms with Gasteiger partial charge in [0.05, 0.1) is 0 Å². The molecule has 0 spiro atoms. The summed E-state index contributed by atoms with van der Waals surface area (Å²) in [5.41, 5.74) is 0. The first kappa shape index (κ1) is 12.2. The molecule has 0 aromatic heterocycles. The molecule has 0 saturated carbocycles. The fourth-order valence-electron chi connectivity index (χ4n) is 0.254. The molecule has 10 heavy (non-hydrogen) atoms. The van der Waals surface area contributed by atoms with Crippen LogP contribution in [0.4, 0.5) is 0 Å². The summed E-state index contributed by atoms with van der Waals surface area (Å²) >= 11 is 4.64. The number of carbonyl (C=O) groups excluding carboxylic acids is 1. The Kier molecular flexibility index (Phi) is 13.8. The lowest BCUT2D eigenvalue weighted by Crippen LogP contribution is -2.00. The van der Waals surface area contributed by atoms with Crippen molar-refractivity contribution in [2.45, 2.75) is 13.3 Å². The quantitative estimate of drug-likeness (QED) is 0.362. The number of alkyl halides is 1. The predicted molar refractivity (Wildman–Crippen MR) is 43.2 cm³/mol.